The molecule has 0 radical (unpaired) electrons. The second-order valence-electron chi connectivity index (χ2n) is 5.42. The summed E-state index contributed by atoms with van der Waals surface area (Å²) >= 11 is 0. The van der Waals surface area contributed by atoms with Crippen molar-refractivity contribution in [2.45, 2.75) is 25.9 Å². The molecule has 1 saturated heterocycles. The number of aliphatic hydroxyl groups excluding tert-OH is 1. The lowest BCUT2D eigenvalue weighted by molar-refractivity contribution is -0.0380. The fourth-order valence-corrected chi connectivity index (χ4v) is 2.90. The first kappa shape index (κ1) is 12.1. The summed E-state index contributed by atoms with van der Waals surface area (Å²) in [4.78, 5) is 2.38. The smallest absolute Gasteiger partial charge is 0.147 e. The highest BCUT2D eigenvalue weighted by Crippen LogP contribution is 2.31. The first-order valence-electron chi connectivity index (χ1n) is 6.59. The Morgan fingerprint density at radius 3 is 2.94 bits per heavy atom. The Bertz CT molecular complexity index is 401. The molecule has 3 rings (SSSR count). The first-order valence-corrected chi connectivity index (χ1v) is 6.59. The molecule has 2 aliphatic rings. The van der Waals surface area contributed by atoms with E-state index in [1.54, 1.807) is 6.33 Å². The zero-order valence-electron chi connectivity index (χ0n) is 10.6. The van der Waals surface area contributed by atoms with Crippen molar-refractivity contribution in [3.05, 3.63) is 12.2 Å². The van der Waals surface area contributed by atoms with E-state index in [1.807, 2.05) is 0 Å². The van der Waals surface area contributed by atoms with Crippen molar-refractivity contribution >= 4 is 0 Å². The molecule has 0 amide bonds. The summed E-state index contributed by atoms with van der Waals surface area (Å²) in [5.74, 6) is 1.03. The lowest BCUT2D eigenvalue weighted by Crippen LogP contribution is -2.46. The summed E-state index contributed by atoms with van der Waals surface area (Å²) in [5.41, 5.74) is 0.0143. The number of aliphatic hydroxyl groups is 1. The molecule has 0 bridgehead atoms. The van der Waals surface area contributed by atoms with Crippen LogP contribution < -0.4 is 0 Å². The number of nitrogens with zero attached hydrogens (tertiary/aromatic N) is 4. The zero-order valence-corrected chi connectivity index (χ0v) is 10.6. The van der Waals surface area contributed by atoms with E-state index in [1.165, 1.54) is 0 Å². The first-order chi connectivity index (χ1) is 8.81. The summed E-state index contributed by atoms with van der Waals surface area (Å²) in [6.07, 6.45) is 3.70. The molecule has 1 aromatic rings. The highest BCUT2D eigenvalue weighted by Gasteiger charge is 2.34. The SMILES string of the molecule is OCC1(CN2CCn3cnnc3C2)CCOCC1. The molecule has 0 saturated carbocycles. The van der Waals surface area contributed by atoms with Crippen LogP contribution in [0.5, 0.6) is 0 Å². The van der Waals surface area contributed by atoms with Gasteiger partial charge in [-0.15, -0.1) is 10.2 Å². The Morgan fingerprint density at radius 2 is 2.17 bits per heavy atom. The van der Waals surface area contributed by atoms with Gasteiger partial charge in [-0.2, -0.15) is 0 Å². The lowest BCUT2D eigenvalue weighted by Gasteiger charge is -2.40. The van der Waals surface area contributed by atoms with Gasteiger partial charge in [0.2, 0.25) is 0 Å². The van der Waals surface area contributed by atoms with E-state index in [0.717, 1.165) is 58.1 Å². The van der Waals surface area contributed by atoms with Gasteiger partial charge in [0, 0.05) is 38.3 Å². The minimum absolute atomic E-state index is 0.0143. The van der Waals surface area contributed by atoms with Crippen LogP contribution in [0.15, 0.2) is 6.33 Å². The monoisotopic (exact) mass is 252 g/mol. The van der Waals surface area contributed by atoms with Gasteiger partial charge in [0.1, 0.15) is 12.2 Å². The summed E-state index contributed by atoms with van der Waals surface area (Å²) < 4.78 is 7.51. The van der Waals surface area contributed by atoms with Gasteiger partial charge in [0.25, 0.3) is 0 Å². The van der Waals surface area contributed by atoms with Crippen molar-refractivity contribution in [2.24, 2.45) is 5.41 Å². The minimum Gasteiger partial charge on any atom is -0.396 e. The second kappa shape index (κ2) is 4.95. The van der Waals surface area contributed by atoms with Crippen molar-refractivity contribution in [1.82, 2.24) is 19.7 Å². The number of ether oxygens (including phenoxy) is 1. The van der Waals surface area contributed by atoms with Crippen LogP contribution in [-0.2, 0) is 17.8 Å². The lowest BCUT2D eigenvalue weighted by atomic mass is 9.80. The third-order valence-corrected chi connectivity index (χ3v) is 4.17. The van der Waals surface area contributed by atoms with Crippen molar-refractivity contribution < 1.29 is 9.84 Å². The van der Waals surface area contributed by atoms with E-state index in [4.69, 9.17) is 4.74 Å². The molecule has 0 unspecified atom stereocenters. The normalized spacial score (nSPS) is 23.8. The average Bonchev–Trinajstić information content (AvgIpc) is 2.87. The Morgan fingerprint density at radius 1 is 1.33 bits per heavy atom. The van der Waals surface area contributed by atoms with E-state index in [9.17, 15) is 5.11 Å². The van der Waals surface area contributed by atoms with E-state index >= 15 is 0 Å². The Labute approximate surface area is 107 Å². The molecule has 0 aliphatic carbocycles. The van der Waals surface area contributed by atoms with Crippen LogP contribution in [0.3, 0.4) is 0 Å². The Kier molecular flexibility index (Phi) is 3.32. The molecule has 18 heavy (non-hydrogen) atoms. The highest BCUT2D eigenvalue weighted by atomic mass is 16.5. The Hall–Kier alpha value is -0.980. The summed E-state index contributed by atoms with van der Waals surface area (Å²) in [6.45, 7) is 5.50. The molecule has 6 heteroatoms. The molecule has 3 heterocycles. The number of rotatable bonds is 3. The fraction of sp³-hybridized carbons (Fsp3) is 0.833. The van der Waals surface area contributed by atoms with Gasteiger partial charge < -0.3 is 14.4 Å². The Balaban J connectivity index is 1.66. The molecule has 1 fully saturated rings. The maximum Gasteiger partial charge on any atom is 0.147 e. The van der Waals surface area contributed by atoms with Crippen LogP contribution in [0.4, 0.5) is 0 Å². The average molecular weight is 252 g/mol. The van der Waals surface area contributed by atoms with Crippen LogP contribution in [0.1, 0.15) is 18.7 Å². The molecule has 2 aliphatic heterocycles. The predicted octanol–water partition coefficient (Wildman–Crippen LogP) is -0.117. The summed E-state index contributed by atoms with van der Waals surface area (Å²) in [6, 6.07) is 0. The maximum absolute atomic E-state index is 9.71. The molecular formula is C12H20N4O2. The topological polar surface area (TPSA) is 63.4 Å². The number of hydrogen-bond acceptors (Lipinski definition) is 5. The molecule has 100 valence electrons. The summed E-state index contributed by atoms with van der Waals surface area (Å²) in [5, 5.41) is 17.8. The maximum atomic E-state index is 9.71. The number of fused-ring (bicyclic) bond motifs is 1. The number of aromatic nitrogens is 3. The van der Waals surface area contributed by atoms with Crippen LogP contribution >= 0.6 is 0 Å². The molecule has 0 aromatic carbocycles. The fourth-order valence-electron chi connectivity index (χ4n) is 2.90. The van der Waals surface area contributed by atoms with Crippen LogP contribution in [0.2, 0.25) is 0 Å². The van der Waals surface area contributed by atoms with E-state index in [2.05, 4.69) is 19.7 Å². The van der Waals surface area contributed by atoms with Crippen molar-refractivity contribution in [1.29, 1.82) is 0 Å². The van der Waals surface area contributed by atoms with Gasteiger partial charge in [0.15, 0.2) is 0 Å². The van der Waals surface area contributed by atoms with Gasteiger partial charge in [0.05, 0.1) is 13.2 Å². The molecule has 0 spiro atoms. The summed E-state index contributed by atoms with van der Waals surface area (Å²) in [7, 11) is 0. The molecule has 6 nitrogen and oxygen atoms in total. The van der Waals surface area contributed by atoms with Gasteiger partial charge in [-0.25, -0.2) is 0 Å². The van der Waals surface area contributed by atoms with Crippen LogP contribution in [0.25, 0.3) is 0 Å². The van der Waals surface area contributed by atoms with E-state index < -0.39 is 0 Å². The molecule has 1 aromatic heterocycles. The quantitative estimate of drug-likeness (QED) is 0.813. The molecular weight excluding hydrogens is 232 g/mol. The second-order valence-corrected chi connectivity index (χ2v) is 5.42. The van der Waals surface area contributed by atoms with E-state index in [0.29, 0.717) is 0 Å². The van der Waals surface area contributed by atoms with Crippen LogP contribution in [-0.4, -0.2) is 57.7 Å². The zero-order chi connectivity index (χ0) is 12.4. The predicted molar refractivity (Wildman–Crippen MR) is 64.9 cm³/mol. The standard InChI is InChI=1S/C12H20N4O2/c17-9-12(1-5-18-6-2-12)8-15-3-4-16-10-13-14-11(16)7-15/h10,17H,1-9H2. The molecule has 1 N–H and O–H groups in total. The number of hydrogen-bond donors (Lipinski definition) is 1. The largest absolute Gasteiger partial charge is 0.396 e. The van der Waals surface area contributed by atoms with E-state index in [-0.39, 0.29) is 12.0 Å². The van der Waals surface area contributed by atoms with Gasteiger partial charge in [-0.1, -0.05) is 0 Å². The third kappa shape index (κ3) is 2.28. The van der Waals surface area contributed by atoms with Gasteiger partial charge in [-0.05, 0) is 12.8 Å². The van der Waals surface area contributed by atoms with Crippen LogP contribution in [0, 0.1) is 5.41 Å². The van der Waals surface area contributed by atoms with Gasteiger partial charge >= 0.3 is 0 Å². The van der Waals surface area contributed by atoms with Crippen molar-refractivity contribution in [2.75, 3.05) is 32.9 Å². The molecule has 0 atom stereocenters. The minimum atomic E-state index is 0.0143. The van der Waals surface area contributed by atoms with Gasteiger partial charge in [-0.3, -0.25) is 4.90 Å². The van der Waals surface area contributed by atoms with Crippen molar-refractivity contribution in [3.8, 4) is 0 Å². The van der Waals surface area contributed by atoms with Crippen molar-refractivity contribution in [3.63, 3.8) is 0 Å². The highest BCUT2D eigenvalue weighted by molar-refractivity contribution is 4.93. The third-order valence-electron chi connectivity index (χ3n) is 4.17.